The molecule has 0 spiro atoms. The fraction of sp³-hybridized carbons (Fsp3) is 0.333. The maximum Gasteiger partial charge on any atom is 0.242 e. The molecule has 1 atom stereocenters. The van der Waals surface area contributed by atoms with Crippen LogP contribution in [0.4, 0.5) is 0 Å². The summed E-state index contributed by atoms with van der Waals surface area (Å²) in [5.41, 5.74) is 2.89. The average molecular weight is 373 g/mol. The van der Waals surface area contributed by atoms with Crippen molar-refractivity contribution in [2.75, 3.05) is 7.05 Å². The van der Waals surface area contributed by atoms with E-state index in [1.165, 1.54) is 0 Å². The molecule has 0 aliphatic heterocycles. The second-order valence-corrected chi connectivity index (χ2v) is 6.66. The summed E-state index contributed by atoms with van der Waals surface area (Å²) in [6, 6.07) is 14.7. The van der Waals surface area contributed by atoms with Crippen LogP contribution in [0.25, 0.3) is 0 Å². The molecule has 138 valence electrons. The van der Waals surface area contributed by atoms with Gasteiger partial charge in [0.15, 0.2) is 0 Å². The molecule has 2 rings (SSSR count). The predicted octanol–water partition coefficient (Wildman–Crippen LogP) is 3.74. The number of hydrogen-bond acceptors (Lipinski definition) is 2. The van der Waals surface area contributed by atoms with Gasteiger partial charge in [-0.2, -0.15) is 0 Å². The quantitative estimate of drug-likeness (QED) is 0.804. The number of aryl methyl sites for hydroxylation is 1. The average Bonchev–Trinajstić information content (AvgIpc) is 2.64. The minimum absolute atomic E-state index is 0.114. The second kappa shape index (κ2) is 9.39. The van der Waals surface area contributed by atoms with Crippen molar-refractivity contribution in [3.05, 3.63) is 70.2 Å². The standard InChI is InChI=1S/C21H25ClN2O2/c1-4-19(21(26)23-3)24(14-17-11-6-5-9-15(17)2)20(25)13-16-10-7-8-12-18(16)22/h5-12,19H,4,13-14H2,1-3H3,(H,23,26)/t19-/m1/s1. The summed E-state index contributed by atoms with van der Waals surface area (Å²) in [6.07, 6.45) is 0.707. The summed E-state index contributed by atoms with van der Waals surface area (Å²) in [4.78, 5) is 27.1. The molecule has 0 fully saturated rings. The Hall–Kier alpha value is -2.33. The zero-order valence-electron chi connectivity index (χ0n) is 15.5. The normalized spacial score (nSPS) is 11.7. The van der Waals surface area contributed by atoms with Crippen LogP contribution in [-0.4, -0.2) is 29.8 Å². The Morgan fingerprint density at radius 3 is 2.27 bits per heavy atom. The lowest BCUT2D eigenvalue weighted by molar-refractivity contribution is -0.140. The highest BCUT2D eigenvalue weighted by Gasteiger charge is 2.28. The van der Waals surface area contributed by atoms with Gasteiger partial charge in [-0.25, -0.2) is 0 Å². The lowest BCUT2D eigenvalue weighted by Crippen LogP contribution is -2.48. The molecule has 2 amide bonds. The largest absolute Gasteiger partial charge is 0.357 e. The third kappa shape index (κ3) is 4.85. The highest BCUT2D eigenvalue weighted by molar-refractivity contribution is 6.31. The molecule has 26 heavy (non-hydrogen) atoms. The van der Waals surface area contributed by atoms with E-state index < -0.39 is 6.04 Å². The van der Waals surface area contributed by atoms with E-state index in [9.17, 15) is 9.59 Å². The first-order valence-corrected chi connectivity index (χ1v) is 9.14. The number of nitrogens with one attached hydrogen (secondary N) is 1. The molecule has 0 bridgehead atoms. The fourth-order valence-corrected chi connectivity index (χ4v) is 3.17. The molecular formula is C21H25ClN2O2. The summed E-state index contributed by atoms with van der Waals surface area (Å²) in [5.74, 6) is -0.273. The van der Waals surface area contributed by atoms with E-state index in [4.69, 9.17) is 11.6 Å². The molecule has 1 N–H and O–H groups in total. The van der Waals surface area contributed by atoms with Crippen molar-refractivity contribution in [3.8, 4) is 0 Å². The molecule has 0 heterocycles. The number of likely N-dealkylation sites (N-methyl/N-ethyl adjacent to an activating group) is 1. The van der Waals surface area contributed by atoms with Crippen LogP contribution in [0.1, 0.15) is 30.0 Å². The molecule has 0 unspecified atom stereocenters. The van der Waals surface area contributed by atoms with Crippen molar-refractivity contribution in [3.63, 3.8) is 0 Å². The number of amides is 2. The number of carbonyl (C=O) groups is 2. The molecule has 0 saturated carbocycles. The highest BCUT2D eigenvalue weighted by atomic mass is 35.5. The summed E-state index contributed by atoms with van der Waals surface area (Å²) in [5, 5.41) is 3.23. The van der Waals surface area contributed by atoms with Crippen molar-refractivity contribution in [2.24, 2.45) is 0 Å². The lowest BCUT2D eigenvalue weighted by Gasteiger charge is -2.31. The Kier molecular flexibility index (Phi) is 7.22. The zero-order chi connectivity index (χ0) is 19.1. The molecule has 0 saturated heterocycles. The molecule has 2 aromatic rings. The zero-order valence-corrected chi connectivity index (χ0v) is 16.2. The van der Waals surface area contributed by atoms with Gasteiger partial charge in [-0.3, -0.25) is 9.59 Å². The molecule has 0 aliphatic carbocycles. The maximum atomic E-state index is 13.1. The third-order valence-electron chi connectivity index (χ3n) is 4.53. The van der Waals surface area contributed by atoms with Crippen molar-refractivity contribution in [1.82, 2.24) is 10.2 Å². The fourth-order valence-electron chi connectivity index (χ4n) is 2.96. The van der Waals surface area contributed by atoms with Gasteiger partial charge < -0.3 is 10.2 Å². The monoisotopic (exact) mass is 372 g/mol. The third-order valence-corrected chi connectivity index (χ3v) is 4.90. The van der Waals surface area contributed by atoms with Gasteiger partial charge >= 0.3 is 0 Å². The number of rotatable bonds is 7. The van der Waals surface area contributed by atoms with Crippen molar-refractivity contribution < 1.29 is 9.59 Å². The SMILES string of the molecule is CC[C@H](C(=O)NC)N(Cc1ccccc1C)C(=O)Cc1ccccc1Cl. The smallest absolute Gasteiger partial charge is 0.242 e. The van der Waals surface area contributed by atoms with E-state index in [-0.39, 0.29) is 18.2 Å². The van der Waals surface area contributed by atoms with Gasteiger partial charge in [-0.15, -0.1) is 0 Å². The van der Waals surface area contributed by atoms with E-state index in [0.717, 1.165) is 16.7 Å². The van der Waals surface area contributed by atoms with Crippen LogP contribution in [0.15, 0.2) is 48.5 Å². The van der Waals surface area contributed by atoms with Crippen LogP contribution in [0, 0.1) is 6.92 Å². The first-order valence-electron chi connectivity index (χ1n) is 8.76. The van der Waals surface area contributed by atoms with Crippen LogP contribution in [0.2, 0.25) is 5.02 Å². The Bertz CT molecular complexity index is 776. The topological polar surface area (TPSA) is 49.4 Å². The molecule has 0 aromatic heterocycles. The lowest BCUT2D eigenvalue weighted by atomic mass is 10.0. The first-order chi connectivity index (χ1) is 12.5. The van der Waals surface area contributed by atoms with Gasteiger partial charge in [0.05, 0.1) is 6.42 Å². The Morgan fingerprint density at radius 1 is 1.08 bits per heavy atom. The Morgan fingerprint density at radius 2 is 1.69 bits per heavy atom. The molecule has 2 aromatic carbocycles. The van der Waals surface area contributed by atoms with Gasteiger partial charge in [0.1, 0.15) is 6.04 Å². The minimum Gasteiger partial charge on any atom is -0.357 e. The van der Waals surface area contributed by atoms with Gasteiger partial charge in [-0.1, -0.05) is 61.0 Å². The van der Waals surface area contributed by atoms with Crippen LogP contribution in [0.3, 0.4) is 0 Å². The molecular weight excluding hydrogens is 348 g/mol. The van der Waals surface area contributed by atoms with E-state index in [1.807, 2.05) is 56.3 Å². The first kappa shape index (κ1) is 20.0. The van der Waals surface area contributed by atoms with Crippen molar-refractivity contribution >= 4 is 23.4 Å². The van der Waals surface area contributed by atoms with Gasteiger partial charge in [0, 0.05) is 18.6 Å². The molecule has 5 heteroatoms. The highest BCUT2D eigenvalue weighted by Crippen LogP contribution is 2.20. The molecule has 0 radical (unpaired) electrons. The van der Waals surface area contributed by atoms with E-state index in [2.05, 4.69) is 5.32 Å². The van der Waals surface area contributed by atoms with Crippen LogP contribution >= 0.6 is 11.6 Å². The van der Waals surface area contributed by atoms with E-state index in [1.54, 1.807) is 18.0 Å². The van der Waals surface area contributed by atoms with Crippen molar-refractivity contribution in [2.45, 2.75) is 39.3 Å². The number of nitrogens with zero attached hydrogens (tertiary/aromatic N) is 1. The number of halogens is 1. The summed E-state index contributed by atoms with van der Waals surface area (Å²) in [7, 11) is 1.59. The predicted molar refractivity (Wildman–Crippen MR) is 105 cm³/mol. The van der Waals surface area contributed by atoms with Crippen LogP contribution < -0.4 is 5.32 Å². The second-order valence-electron chi connectivity index (χ2n) is 6.25. The summed E-state index contributed by atoms with van der Waals surface area (Å²) < 4.78 is 0. The molecule has 0 aliphatic rings. The van der Waals surface area contributed by atoms with Crippen molar-refractivity contribution in [1.29, 1.82) is 0 Å². The number of benzene rings is 2. The maximum absolute atomic E-state index is 13.1. The summed E-state index contributed by atoms with van der Waals surface area (Å²) in [6.45, 7) is 4.31. The molecule has 4 nitrogen and oxygen atoms in total. The van der Waals surface area contributed by atoms with E-state index in [0.29, 0.717) is 18.0 Å². The minimum atomic E-state index is -0.519. The van der Waals surface area contributed by atoms with E-state index >= 15 is 0 Å². The van der Waals surface area contributed by atoms with Gasteiger partial charge in [-0.05, 0) is 36.1 Å². The number of carbonyl (C=O) groups excluding carboxylic acids is 2. The number of hydrogen-bond donors (Lipinski definition) is 1. The Labute approximate surface area is 160 Å². The summed E-state index contributed by atoms with van der Waals surface area (Å²) >= 11 is 6.21. The van der Waals surface area contributed by atoms with Gasteiger partial charge in [0.2, 0.25) is 11.8 Å². The van der Waals surface area contributed by atoms with Crippen LogP contribution in [0.5, 0.6) is 0 Å². The van der Waals surface area contributed by atoms with Crippen LogP contribution in [-0.2, 0) is 22.6 Å². The Balaban J connectivity index is 2.32. The van der Waals surface area contributed by atoms with Gasteiger partial charge in [0.25, 0.3) is 0 Å².